The molecule has 0 saturated carbocycles. The molecule has 0 spiro atoms. The van der Waals surface area contributed by atoms with Crippen molar-refractivity contribution in [2.75, 3.05) is 12.3 Å². The molecule has 1 aromatic rings. The summed E-state index contributed by atoms with van der Waals surface area (Å²) >= 11 is 1.22. The van der Waals surface area contributed by atoms with Crippen molar-refractivity contribution in [3.63, 3.8) is 0 Å². The summed E-state index contributed by atoms with van der Waals surface area (Å²) in [5.41, 5.74) is 6.53. The van der Waals surface area contributed by atoms with Gasteiger partial charge in [0, 0.05) is 30.7 Å². The summed E-state index contributed by atoms with van der Waals surface area (Å²) in [5.74, 6) is 0. The highest BCUT2D eigenvalue weighted by Crippen LogP contribution is 2.22. The fourth-order valence-corrected chi connectivity index (χ4v) is 2.24. The predicted octanol–water partition coefficient (Wildman–Crippen LogP) is 0.0754. The van der Waals surface area contributed by atoms with E-state index in [0.29, 0.717) is 24.1 Å². The van der Waals surface area contributed by atoms with Gasteiger partial charge in [0.15, 0.2) is 0 Å². The van der Waals surface area contributed by atoms with Gasteiger partial charge in [-0.15, -0.1) is 5.10 Å². The molecule has 2 rings (SSSR count). The molecule has 0 aliphatic carbocycles. The molecular formula is C8H14N4OS. The van der Waals surface area contributed by atoms with Gasteiger partial charge in [-0.25, -0.2) is 0 Å². The number of hydrogen-bond acceptors (Lipinski definition) is 6. The predicted molar refractivity (Wildman–Crippen MR) is 54.8 cm³/mol. The first-order valence-corrected chi connectivity index (χ1v) is 5.43. The molecule has 0 bridgehead atoms. The molecule has 1 aromatic heterocycles. The average molecular weight is 214 g/mol. The monoisotopic (exact) mass is 214 g/mol. The highest BCUT2D eigenvalue weighted by molar-refractivity contribution is 7.09. The van der Waals surface area contributed by atoms with Crippen molar-refractivity contribution in [2.24, 2.45) is 0 Å². The zero-order chi connectivity index (χ0) is 10.1. The van der Waals surface area contributed by atoms with Gasteiger partial charge in [0.1, 0.15) is 10.7 Å². The molecule has 1 aliphatic heterocycles. The second kappa shape index (κ2) is 3.80. The first kappa shape index (κ1) is 9.82. The van der Waals surface area contributed by atoms with Crippen molar-refractivity contribution >= 4 is 16.5 Å². The van der Waals surface area contributed by atoms with E-state index in [0.717, 1.165) is 12.1 Å². The Bertz CT molecular complexity index is 316. The fraction of sp³-hybridized carbons (Fsp3) is 0.750. The van der Waals surface area contributed by atoms with Crippen molar-refractivity contribution in [1.82, 2.24) is 14.5 Å². The standard InChI is InChI=1S/C8H14N4OS/c1-5-2-6(13)3-12(5)4-7-8(9)14-11-10-7/h5-6,13H,2-4,9H2,1H3. The maximum atomic E-state index is 9.46. The van der Waals surface area contributed by atoms with Gasteiger partial charge < -0.3 is 10.8 Å². The zero-order valence-electron chi connectivity index (χ0n) is 8.05. The van der Waals surface area contributed by atoms with Gasteiger partial charge in [-0.3, -0.25) is 4.90 Å². The molecule has 78 valence electrons. The third-order valence-electron chi connectivity index (χ3n) is 2.62. The number of nitrogen functional groups attached to an aromatic ring is 1. The Balaban J connectivity index is 2.01. The average Bonchev–Trinajstić information content (AvgIpc) is 2.62. The number of aliphatic hydroxyl groups is 1. The van der Waals surface area contributed by atoms with E-state index in [-0.39, 0.29) is 6.10 Å². The van der Waals surface area contributed by atoms with E-state index in [1.54, 1.807) is 0 Å². The minimum atomic E-state index is -0.210. The summed E-state index contributed by atoms with van der Waals surface area (Å²) in [6, 6.07) is 0.395. The lowest BCUT2D eigenvalue weighted by molar-refractivity contribution is 0.172. The van der Waals surface area contributed by atoms with Gasteiger partial charge >= 0.3 is 0 Å². The summed E-state index contributed by atoms with van der Waals surface area (Å²) in [6.07, 6.45) is 0.620. The summed E-state index contributed by atoms with van der Waals surface area (Å²) in [6.45, 7) is 3.50. The van der Waals surface area contributed by atoms with Crippen molar-refractivity contribution in [3.05, 3.63) is 5.69 Å². The molecule has 1 fully saturated rings. The van der Waals surface area contributed by atoms with Crippen LogP contribution < -0.4 is 5.73 Å². The quantitative estimate of drug-likeness (QED) is 0.729. The Morgan fingerprint density at radius 1 is 1.71 bits per heavy atom. The van der Waals surface area contributed by atoms with E-state index >= 15 is 0 Å². The van der Waals surface area contributed by atoms with E-state index in [2.05, 4.69) is 21.4 Å². The van der Waals surface area contributed by atoms with Gasteiger partial charge in [-0.1, -0.05) is 4.49 Å². The second-order valence-corrected chi connectivity index (χ2v) is 4.54. The summed E-state index contributed by atoms with van der Waals surface area (Å²) < 4.78 is 3.79. The van der Waals surface area contributed by atoms with Crippen LogP contribution in [-0.2, 0) is 6.54 Å². The summed E-state index contributed by atoms with van der Waals surface area (Å²) in [4.78, 5) is 2.18. The lowest BCUT2D eigenvalue weighted by Crippen LogP contribution is -2.27. The molecule has 0 aromatic carbocycles. The molecule has 6 heteroatoms. The maximum Gasteiger partial charge on any atom is 0.132 e. The van der Waals surface area contributed by atoms with Crippen LogP contribution in [0.4, 0.5) is 5.00 Å². The van der Waals surface area contributed by atoms with Crippen LogP contribution in [0.1, 0.15) is 19.0 Å². The van der Waals surface area contributed by atoms with Crippen molar-refractivity contribution in [2.45, 2.75) is 32.0 Å². The second-order valence-electron chi connectivity index (χ2n) is 3.75. The molecular weight excluding hydrogens is 200 g/mol. The van der Waals surface area contributed by atoms with E-state index < -0.39 is 0 Å². The SMILES string of the molecule is CC1CC(O)CN1Cc1nnsc1N. The number of nitrogens with zero attached hydrogens (tertiary/aromatic N) is 3. The number of β-amino-alcohol motifs (C(OH)–C–C–N with tert-alkyl or cyclic N) is 1. The lowest BCUT2D eigenvalue weighted by atomic mass is 10.2. The largest absolute Gasteiger partial charge is 0.392 e. The molecule has 1 aliphatic rings. The molecule has 5 nitrogen and oxygen atoms in total. The maximum absolute atomic E-state index is 9.46. The molecule has 2 atom stereocenters. The molecule has 2 unspecified atom stereocenters. The third-order valence-corrected chi connectivity index (χ3v) is 3.22. The van der Waals surface area contributed by atoms with Crippen LogP contribution in [0.25, 0.3) is 0 Å². The smallest absolute Gasteiger partial charge is 0.132 e. The number of likely N-dealkylation sites (tertiary alicyclic amines) is 1. The topological polar surface area (TPSA) is 75.3 Å². The number of hydrogen-bond donors (Lipinski definition) is 2. The summed E-state index contributed by atoms with van der Waals surface area (Å²) in [5, 5.41) is 14.1. The van der Waals surface area contributed by atoms with E-state index in [9.17, 15) is 5.11 Å². The number of rotatable bonds is 2. The number of nitrogens with two attached hydrogens (primary N) is 1. The third kappa shape index (κ3) is 1.87. The molecule has 14 heavy (non-hydrogen) atoms. The molecule has 1 saturated heterocycles. The Kier molecular flexibility index (Phi) is 2.66. The summed E-state index contributed by atoms with van der Waals surface area (Å²) in [7, 11) is 0. The van der Waals surface area contributed by atoms with Crippen molar-refractivity contribution in [3.8, 4) is 0 Å². The van der Waals surface area contributed by atoms with Gasteiger partial charge in [-0.2, -0.15) is 0 Å². The number of aromatic nitrogens is 2. The highest BCUT2D eigenvalue weighted by Gasteiger charge is 2.28. The van der Waals surface area contributed by atoms with Crippen LogP contribution in [0.15, 0.2) is 0 Å². The van der Waals surface area contributed by atoms with Crippen LogP contribution in [0, 0.1) is 0 Å². The first-order chi connectivity index (χ1) is 6.66. The van der Waals surface area contributed by atoms with Crippen LogP contribution in [0.3, 0.4) is 0 Å². The Morgan fingerprint density at radius 3 is 3.00 bits per heavy atom. The van der Waals surface area contributed by atoms with Crippen LogP contribution in [-0.4, -0.2) is 38.3 Å². The van der Waals surface area contributed by atoms with E-state index in [4.69, 9.17) is 5.73 Å². The van der Waals surface area contributed by atoms with Crippen LogP contribution in [0.5, 0.6) is 0 Å². The molecule has 0 radical (unpaired) electrons. The lowest BCUT2D eigenvalue weighted by Gasteiger charge is -2.18. The van der Waals surface area contributed by atoms with Gasteiger partial charge in [0.2, 0.25) is 0 Å². The Labute approximate surface area is 86.7 Å². The normalized spacial score (nSPS) is 28.4. The molecule has 2 heterocycles. The van der Waals surface area contributed by atoms with Crippen LogP contribution in [0.2, 0.25) is 0 Å². The van der Waals surface area contributed by atoms with E-state index in [1.807, 2.05) is 0 Å². The Hall–Kier alpha value is -0.720. The molecule has 0 amide bonds. The van der Waals surface area contributed by atoms with Crippen LogP contribution >= 0.6 is 11.5 Å². The number of anilines is 1. The van der Waals surface area contributed by atoms with Gasteiger partial charge in [0.25, 0.3) is 0 Å². The van der Waals surface area contributed by atoms with E-state index in [1.165, 1.54) is 11.5 Å². The highest BCUT2D eigenvalue weighted by atomic mass is 32.1. The minimum Gasteiger partial charge on any atom is -0.392 e. The first-order valence-electron chi connectivity index (χ1n) is 4.65. The zero-order valence-corrected chi connectivity index (χ0v) is 8.87. The fourth-order valence-electron chi connectivity index (χ4n) is 1.81. The van der Waals surface area contributed by atoms with Gasteiger partial charge in [0.05, 0.1) is 6.10 Å². The number of aliphatic hydroxyl groups excluding tert-OH is 1. The van der Waals surface area contributed by atoms with Crippen molar-refractivity contribution < 1.29 is 5.11 Å². The minimum absolute atomic E-state index is 0.210. The Morgan fingerprint density at radius 2 is 2.50 bits per heavy atom. The van der Waals surface area contributed by atoms with Gasteiger partial charge in [-0.05, 0) is 13.3 Å². The molecule has 3 N–H and O–H groups in total. The van der Waals surface area contributed by atoms with Crippen molar-refractivity contribution in [1.29, 1.82) is 0 Å².